The van der Waals surface area contributed by atoms with Gasteiger partial charge in [-0.15, -0.1) is 0 Å². The second kappa shape index (κ2) is 31.1. The molecule has 0 aromatic heterocycles. The maximum absolute atomic E-state index is 13.2. The average Bonchev–Trinajstić information content (AvgIpc) is 3.19. The molecule has 18 nitrogen and oxygen atoms in total. The van der Waals surface area contributed by atoms with E-state index in [1.807, 2.05) is 88.0 Å². The van der Waals surface area contributed by atoms with Crippen LogP contribution < -0.4 is 10.6 Å². The van der Waals surface area contributed by atoms with Gasteiger partial charge in [-0.25, -0.2) is 19.2 Å². The number of rotatable bonds is 29. The Balaban J connectivity index is 2.56. The van der Waals surface area contributed by atoms with E-state index < -0.39 is 40.5 Å². The number of ether oxygens (including phenoxy) is 4. The van der Waals surface area contributed by atoms with Gasteiger partial charge in [0.1, 0.15) is 28.2 Å². The number of benzene rings is 1. The Labute approximate surface area is 407 Å². The molecule has 0 spiro atoms. The lowest BCUT2D eigenvalue weighted by molar-refractivity contribution is 0.0226. The molecule has 0 saturated carbocycles. The van der Waals surface area contributed by atoms with E-state index in [1.165, 1.54) is 18.2 Å². The smallest absolute Gasteiger partial charge is 0.410 e. The molecule has 0 atom stereocenters. The Hall–Kier alpha value is -5.12. The summed E-state index contributed by atoms with van der Waals surface area (Å²) in [5, 5.41) is 19.2. The molecule has 0 aliphatic heterocycles. The molecule has 0 unspecified atom stereocenters. The van der Waals surface area contributed by atoms with Crippen LogP contribution in [0.5, 0.6) is 5.75 Å². The number of carbonyl (C=O) groups excluding carboxylic acids is 5. The van der Waals surface area contributed by atoms with Crippen LogP contribution in [0.3, 0.4) is 0 Å². The lowest BCUT2D eigenvalue weighted by Crippen LogP contribution is -2.39. The number of azide groups is 1. The average molecular weight is 961 g/mol. The van der Waals surface area contributed by atoms with E-state index in [4.69, 9.17) is 24.5 Å². The van der Waals surface area contributed by atoms with Crippen molar-refractivity contribution in [3.8, 4) is 5.75 Å². The van der Waals surface area contributed by atoms with Crippen molar-refractivity contribution in [2.75, 3.05) is 52.4 Å². The minimum absolute atomic E-state index is 0.0489. The Morgan fingerprint density at radius 2 is 0.853 bits per heavy atom. The van der Waals surface area contributed by atoms with Gasteiger partial charge in [0, 0.05) is 63.0 Å². The molecular formula is C50H88N8O10. The summed E-state index contributed by atoms with van der Waals surface area (Å²) in [6.45, 7) is 26.2. The van der Waals surface area contributed by atoms with E-state index in [0.29, 0.717) is 52.2 Å². The molecule has 0 aliphatic carbocycles. The van der Waals surface area contributed by atoms with Crippen LogP contribution in [0.1, 0.15) is 190 Å². The van der Waals surface area contributed by atoms with Gasteiger partial charge in [0.25, 0.3) is 5.91 Å². The van der Waals surface area contributed by atoms with Crippen LogP contribution in [0.25, 0.3) is 10.4 Å². The van der Waals surface area contributed by atoms with E-state index in [2.05, 4.69) is 20.7 Å². The third kappa shape index (κ3) is 31.0. The fourth-order valence-corrected chi connectivity index (χ4v) is 6.81. The first-order valence-corrected chi connectivity index (χ1v) is 24.8. The topological polar surface area (TPSA) is 225 Å². The highest BCUT2D eigenvalue weighted by Gasteiger charge is 2.25. The second-order valence-electron chi connectivity index (χ2n) is 21.3. The highest BCUT2D eigenvalue weighted by molar-refractivity contribution is 5.97. The van der Waals surface area contributed by atoms with Gasteiger partial charge in [-0.2, -0.15) is 0 Å². The van der Waals surface area contributed by atoms with E-state index in [0.717, 1.165) is 89.9 Å². The van der Waals surface area contributed by atoms with Crippen molar-refractivity contribution in [2.45, 2.75) is 202 Å². The van der Waals surface area contributed by atoms with Crippen LogP contribution in [0, 0.1) is 0 Å². The van der Waals surface area contributed by atoms with Crippen molar-refractivity contribution in [3.05, 3.63) is 34.2 Å². The van der Waals surface area contributed by atoms with E-state index in [-0.39, 0.29) is 35.7 Å². The van der Waals surface area contributed by atoms with Gasteiger partial charge < -0.3 is 49.4 Å². The zero-order valence-corrected chi connectivity index (χ0v) is 43.8. The van der Waals surface area contributed by atoms with Crippen LogP contribution in [-0.2, 0) is 18.9 Å². The van der Waals surface area contributed by atoms with Crippen LogP contribution in [0.2, 0.25) is 0 Å². The van der Waals surface area contributed by atoms with Gasteiger partial charge in [-0.1, -0.05) is 62.5 Å². The van der Waals surface area contributed by atoms with E-state index in [1.54, 1.807) is 9.80 Å². The molecule has 0 saturated heterocycles. The molecule has 1 aromatic rings. The highest BCUT2D eigenvalue weighted by Crippen LogP contribution is 2.24. The molecule has 0 bridgehead atoms. The molecule has 0 aliphatic rings. The van der Waals surface area contributed by atoms with Crippen molar-refractivity contribution >= 4 is 36.0 Å². The van der Waals surface area contributed by atoms with Crippen molar-refractivity contribution < 1.29 is 48.0 Å². The van der Waals surface area contributed by atoms with Crippen molar-refractivity contribution in [1.82, 2.24) is 25.3 Å². The molecule has 1 rings (SSSR count). The van der Waals surface area contributed by atoms with Crippen LogP contribution >= 0.6 is 0 Å². The summed E-state index contributed by atoms with van der Waals surface area (Å²) in [5.74, 6) is -0.788. The van der Waals surface area contributed by atoms with Crippen LogP contribution in [0.15, 0.2) is 23.3 Å². The van der Waals surface area contributed by atoms with Gasteiger partial charge in [0.2, 0.25) is 0 Å². The summed E-state index contributed by atoms with van der Waals surface area (Å²) >= 11 is 0. The summed E-state index contributed by atoms with van der Waals surface area (Å²) in [6, 6.07) is 4.04. The molecular weight excluding hydrogens is 873 g/mol. The lowest BCUT2D eigenvalue weighted by Gasteiger charge is -2.28. The number of alkyl carbamates (subject to hydrolysis) is 1. The first-order chi connectivity index (χ1) is 31.7. The third-order valence-electron chi connectivity index (χ3n) is 9.97. The fourth-order valence-electron chi connectivity index (χ4n) is 6.81. The summed E-state index contributed by atoms with van der Waals surface area (Å²) in [4.78, 5) is 71.8. The number of amides is 5. The zero-order valence-electron chi connectivity index (χ0n) is 43.8. The van der Waals surface area contributed by atoms with Crippen molar-refractivity contribution in [2.24, 2.45) is 5.11 Å². The zero-order chi connectivity index (χ0) is 51.4. The number of hydrogen-bond donors (Lipinski definition) is 3. The quantitative estimate of drug-likeness (QED) is 0.0226. The fraction of sp³-hybridized carbons (Fsp3) is 0.780. The number of nitrogens with one attached hydrogen (secondary N) is 2. The standard InChI is InChI=1S/C50H88N8O10/c1-47(2,3)65-43(61)53-30-21-15-18-24-34-56(44(62)66-48(4,5)6)32-22-16-13-14-17-23-33-57(45(63)67-49(7,8)9)35-25-19-20-26-36-58(46(64)68-50(10,11)12)37-27-31-52-42(60)40-29-28-39(54-55-51)38-41(40)59/h28-29,38,59H,13-27,30-37H2,1-12H3,(H,52,60)(H,53,61). The number of nitrogens with zero attached hydrogens (tertiary/aromatic N) is 6. The lowest BCUT2D eigenvalue weighted by atomic mass is 10.1. The van der Waals surface area contributed by atoms with Crippen molar-refractivity contribution in [1.29, 1.82) is 0 Å². The summed E-state index contributed by atoms with van der Waals surface area (Å²) in [7, 11) is 0. The van der Waals surface area contributed by atoms with E-state index >= 15 is 0 Å². The van der Waals surface area contributed by atoms with Crippen LogP contribution in [0.4, 0.5) is 24.9 Å². The predicted octanol–water partition coefficient (Wildman–Crippen LogP) is 12.2. The number of unbranched alkanes of at least 4 members (excludes halogenated alkanes) is 11. The van der Waals surface area contributed by atoms with Gasteiger partial charge in [0.15, 0.2) is 0 Å². The summed E-state index contributed by atoms with van der Waals surface area (Å²) in [6.07, 6.45) is 11.5. The predicted molar refractivity (Wildman–Crippen MR) is 266 cm³/mol. The Morgan fingerprint density at radius 1 is 0.515 bits per heavy atom. The number of carbonyl (C=O) groups is 5. The monoisotopic (exact) mass is 961 g/mol. The van der Waals surface area contributed by atoms with Crippen LogP contribution in [-0.4, -0.2) is 125 Å². The number of aromatic hydroxyl groups is 1. The molecule has 3 N–H and O–H groups in total. The van der Waals surface area contributed by atoms with Gasteiger partial charge in [-0.3, -0.25) is 4.79 Å². The molecule has 5 amide bonds. The first-order valence-electron chi connectivity index (χ1n) is 24.8. The third-order valence-corrected chi connectivity index (χ3v) is 9.97. The molecule has 68 heavy (non-hydrogen) atoms. The normalized spacial score (nSPS) is 11.8. The summed E-state index contributed by atoms with van der Waals surface area (Å²) in [5.41, 5.74) is 6.46. The minimum Gasteiger partial charge on any atom is -0.507 e. The van der Waals surface area contributed by atoms with Gasteiger partial charge >= 0.3 is 24.4 Å². The summed E-state index contributed by atoms with van der Waals surface area (Å²) < 4.78 is 22.4. The Bertz CT molecular complexity index is 1730. The number of phenolic OH excluding ortho intramolecular Hbond substituents is 1. The maximum atomic E-state index is 13.2. The van der Waals surface area contributed by atoms with Gasteiger partial charge in [-0.05, 0) is 146 Å². The minimum atomic E-state index is -0.674. The molecule has 0 heterocycles. The molecule has 0 fully saturated rings. The molecule has 18 heteroatoms. The van der Waals surface area contributed by atoms with E-state index in [9.17, 15) is 29.1 Å². The molecule has 388 valence electrons. The highest BCUT2D eigenvalue weighted by atomic mass is 16.6. The van der Waals surface area contributed by atoms with Gasteiger partial charge in [0.05, 0.1) is 5.56 Å². The Morgan fingerprint density at radius 3 is 1.21 bits per heavy atom. The molecule has 1 aromatic carbocycles. The maximum Gasteiger partial charge on any atom is 0.410 e. The largest absolute Gasteiger partial charge is 0.507 e. The first kappa shape index (κ1) is 60.9. The SMILES string of the molecule is CC(C)(C)OC(=O)NCCCCCCN(CCCCCCCCN(CCCCCCN(CCCNC(=O)c1ccc(N=[N+]=[N-])cc1O)C(=O)OC(C)(C)C)C(=O)OC(C)(C)C)C(=O)OC(C)(C)C. The second-order valence-corrected chi connectivity index (χ2v) is 21.3. The Kier molecular flexibility index (Phi) is 27.8. The number of phenols is 1. The number of hydrogen-bond acceptors (Lipinski definition) is 11. The van der Waals surface area contributed by atoms with Crippen molar-refractivity contribution in [3.63, 3.8) is 0 Å². The molecule has 0 radical (unpaired) electrons.